The maximum Gasteiger partial charge on any atom is 0.263 e. The SMILES string of the molecule is CC[C@H](Oc1ccc(C)cc1)C(=O)N1CCN(c2ccc(F)cc2)CC1. The summed E-state index contributed by atoms with van der Waals surface area (Å²) in [7, 11) is 0. The second-order valence-electron chi connectivity index (χ2n) is 6.62. The van der Waals surface area contributed by atoms with Crippen molar-refractivity contribution in [2.45, 2.75) is 26.4 Å². The number of aryl methyl sites for hydroxylation is 1. The molecule has 5 heteroatoms. The molecule has 138 valence electrons. The highest BCUT2D eigenvalue weighted by atomic mass is 19.1. The maximum atomic E-state index is 13.1. The van der Waals surface area contributed by atoms with Crippen molar-refractivity contribution in [1.82, 2.24) is 4.90 Å². The van der Waals surface area contributed by atoms with Crippen molar-refractivity contribution in [2.24, 2.45) is 0 Å². The first kappa shape index (κ1) is 18.2. The third kappa shape index (κ3) is 4.34. The summed E-state index contributed by atoms with van der Waals surface area (Å²) in [5.41, 5.74) is 2.15. The van der Waals surface area contributed by atoms with Crippen molar-refractivity contribution in [1.29, 1.82) is 0 Å². The van der Waals surface area contributed by atoms with E-state index in [0.717, 1.165) is 30.1 Å². The highest BCUT2D eigenvalue weighted by molar-refractivity contribution is 5.81. The van der Waals surface area contributed by atoms with Crippen molar-refractivity contribution in [3.63, 3.8) is 0 Å². The molecule has 2 aromatic rings. The summed E-state index contributed by atoms with van der Waals surface area (Å²) < 4.78 is 19.0. The Kier molecular flexibility index (Phi) is 5.76. The van der Waals surface area contributed by atoms with Gasteiger partial charge in [-0.05, 0) is 49.7 Å². The molecule has 4 nitrogen and oxygen atoms in total. The summed E-state index contributed by atoms with van der Waals surface area (Å²) in [4.78, 5) is 16.9. The van der Waals surface area contributed by atoms with E-state index in [1.165, 1.54) is 12.1 Å². The van der Waals surface area contributed by atoms with Gasteiger partial charge < -0.3 is 14.5 Å². The first-order valence-corrected chi connectivity index (χ1v) is 9.09. The molecule has 1 heterocycles. The topological polar surface area (TPSA) is 32.8 Å². The zero-order chi connectivity index (χ0) is 18.5. The lowest BCUT2D eigenvalue weighted by atomic mass is 10.2. The Morgan fingerprint density at radius 2 is 1.65 bits per heavy atom. The molecule has 1 saturated heterocycles. The molecule has 0 saturated carbocycles. The summed E-state index contributed by atoms with van der Waals surface area (Å²) in [6, 6.07) is 14.3. The van der Waals surface area contributed by atoms with Gasteiger partial charge in [-0.15, -0.1) is 0 Å². The van der Waals surface area contributed by atoms with Gasteiger partial charge in [-0.2, -0.15) is 0 Å². The van der Waals surface area contributed by atoms with Crippen LogP contribution < -0.4 is 9.64 Å². The third-order valence-corrected chi connectivity index (χ3v) is 4.73. The van der Waals surface area contributed by atoms with Gasteiger partial charge in [0.25, 0.3) is 5.91 Å². The molecule has 0 aromatic heterocycles. The van der Waals surface area contributed by atoms with Crippen LogP contribution in [0.25, 0.3) is 0 Å². The van der Waals surface area contributed by atoms with Gasteiger partial charge in [0.05, 0.1) is 0 Å². The summed E-state index contributed by atoms with van der Waals surface area (Å²) in [5, 5.41) is 0. The van der Waals surface area contributed by atoms with Crippen LogP contribution in [0.4, 0.5) is 10.1 Å². The van der Waals surface area contributed by atoms with E-state index >= 15 is 0 Å². The highest BCUT2D eigenvalue weighted by Gasteiger charge is 2.28. The largest absolute Gasteiger partial charge is 0.481 e. The smallest absolute Gasteiger partial charge is 0.263 e. The fourth-order valence-corrected chi connectivity index (χ4v) is 3.13. The molecule has 0 N–H and O–H groups in total. The van der Waals surface area contributed by atoms with Crippen LogP contribution in [0.5, 0.6) is 5.75 Å². The van der Waals surface area contributed by atoms with Crippen LogP contribution in [0.2, 0.25) is 0 Å². The number of carbonyl (C=O) groups is 1. The molecule has 1 aliphatic rings. The standard InChI is InChI=1S/C21H25FN2O2/c1-3-20(26-19-10-4-16(2)5-11-19)21(25)24-14-12-23(13-15-24)18-8-6-17(22)7-9-18/h4-11,20H,3,12-15H2,1-2H3/t20-/m0/s1. The van der Waals surface area contributed by atoms with E-state index < -0.39 is 6.10 Å². The monoisotopic (exact) mass is 356 g/mol. The number of carbonyl (C=O) groups excluding carboxylic acids is 1. The van der Waals surface area contributed by atoms with E-state index in [9.17, 15) is 9.18 Å². The fourth-order valence-electron chi connectivity index (χ4n) is 3.13. The molecule has 0 radical (unpaired) electrons. The number of piperazine rings is 1. The van der Waals surface area contributed by atoms with Crippen LogP contribution in [0.1, 0.15) is 18.9 Å². The van der Waals surface area contributed by atoms with Crippen LogP contribution in [-0.4, -0.2) is 43.1 Å². The number of hydrogen-bond acceptors (Lipinski definition) is 3. The minimum absolute atomic E-state index is 0.0341. The molecule has 1 fully saturated rings. The van der Waals surface area contributed by atoms with Crippen molar-refractivity contribution in [3.05, 3.63) is 59.9 Å². The Labute approximate surface area is 154 Å². The first-order valence-electron chi connectivity index (χ1n) is 9.09. The van der Waals surface area contributed by atoms with E-state index in [-0.39, 0.29) is 11.7 Å². The molecule has 3 rings (SSSR count). The second kappa shape index (κ2) is 8.21. The quantitative estimate of drug-likeness (QED) is 0.820. The van der Waals surface area contributed by atoms with Crippen molar-refractivity contribution in [3.8, 4) is 5.75 Å². The van der Waals surface area contributed by atoms with Crippen LogP contribution in [0, 0.1) is 12.7 Å². The summed E-state index contributed by atoms with van der Waals surface area (Å²) >= 11 is 0. The molecule has 1 amide bonds. The van der Waals surface area contributed by atoms with Gasteiger partial charge in [-0.3, -0.25) is 4.79 Å². The highest BCUT2D eigenvalue weighted by Crippen LogP contribution is 2.19. The van der Waals surface area contributed by atoms with Gasteiger partial charge in [0.2, 0.25) is 0 Å². The van der Waals surface area contributed by atoms with Crippen molar-refractivity contribution in [2.75, 3.05) is 31.1 Å². The molecule has 1 aliphatic heterocycles. The predicted molar refractivity (Wildman–Crippen MR) is 101 cm³/mol. The van der Waals surface area contributed by atoms with E-state index in [0.29, 0.717) is 19.5 Å². The van der Waals surface area contributed by atoms with Crippen LogP contribution in [0.15, 0.2) is 48.5 Å². The lowest BCUT2D eigenvalue weighted by Gasteiger charge is -2.37. The molecule has 26 heavy (non-hydrogen) atoms. The minimum atomic E-state index is -0.463. The number of nitrogens with zero attached hydrogens (tertiary/aromatic N) is 2. The number of halogens is 1. The molecular formula is C21H25FN2O2. The van der Waals surface area contributed by atoms with Crippen molar-refractivity contribution >= 4 is 11.6 Å². The van der Waals surface area contributed by atoms with E-state index in [1.807, 2.05) is 43.0 Å². The van der Waals surface area contributed by atoms with E-state index in [2.05, 4.69) is 4.90 Å². The Balaban J connectivity index is 1.57. The molecule has 0 aliphatic carbocycles. The predicted octanol–water partition coefficient (Wildman–Crippen LogP) is 3.64. The van der Waals surface area contributed by atoms with Gasteiger partial charge in [0, 0.05) is 31.9 Å². The van der Waals surface area contributed by atoms with Gasteiger partial charge in [0.15, 0.2) is 6.10 Å². The van der Waals surface area contributed by atoms with Crippen molar-refractivity contribution < 1.29 is 13.9 Å². The Bertz CT molecular complexity index is 723. The third-order valence-electron chi connectivity index (χ3n) is 4.73. The zero-order valence-corrected chi connectivity index (χ0v) is 15.3. The van der Waals surface area contributed by atoms with Crippen LogP contribution in [0.3, 0.4) is 0 Å². The normalized spacial score (nSPS) is 15.7. The average molecular weight is 356 g/mol. The number of rotatable bonds is 5. The van der Waals surface area contributed by atoms with Gasteiger partial charge in [-0.1, -0.05) is 24.6 Å². The zero-order valence-electron chi connectivity index (χ0n) is 15.3. The van der Waals surface area contributed by atoms with E-state index in [4.69, 9.17) is 4.74 Å². The van der Waals surface area contributed by atoms with Gasteiger partial charge in [-0.25, -0.2) is 4.39 Å². The summed E-state index contributed by atoms with van der Waals surface area (Å²) in [6.07, 6.45) is 0.167. The first-order chi connectivity index (χ1) is 12.6. The number of ether oxygens (including phenoxy) is 1. The average Bonchev–Trinajstić information content (AvgIpc) is 2.68. The lowest BCUT2D eigenvalue weighted by molar-refractivity contribution is -0.139. The molecule has 0 spiro atoms. The molecule has 1 atom stereocenters. The summed E-state index contributed by atoms with van der Waals surface area (Å²) in [5.74, 6) is 0.522. The van der Waals surface area contributed by atoms with E-state index in [1.54, 1.807) is 12.1 Å². The Hall–Kier alpha value is -2.56. The Morgan fingerprint density at radius 3 is 2.23 bits per heavy atom. The molecular weight excluding hydrogens is 331 g/mol. The van der Waals surface area contributed by atoms with Gasteiger partial charge in [0.1, 0.15) is 11.6 Å². The number of benzene rings is 2. The number of amides is 1. The molecule has 2 aromatic carbocycles. The number of anilines is 1. The van der Waals surface area contributed by atoms with Crippen LogP contribution in [-0.2, 0) is 4.79 Å². The number of hydrogen-bond donors (Lipinski definition) is 0. The fraction of sp³-hybridized carbons (Fsp3) is 0.381. The lowest BCUT2D eigenvalue weighted by Crippen LogP contribution is -2.52. The second-order valence-corrected chi connectivity index (χ2v) is 6.62. The Morgan fingerprint density at radius 1 is 1.04 bits per heavy atom. The minimum Gasteiger partial charge on any atom is -0.481 e. The summed E-state index contributed by atoms with van der Waals surface area (Å²) in [6.45, 7) is 6.74. The maximum absolute atomic E-state index is 13.1. The van der Waals surface area contributed by atoms with Crippen LogP contribution >= 0.6 is 0 Å². The molecule has 0 bridgehead atoms. The van der Waals surface area contributed by atoms with Gasteiger partial charge >= 0.3 is 0 Å². The molecule has 0 unspecified atom stereocenters.